The predicted octanol–water partition coefficient (Wildman–Crippen LogP) is 4.48. The fourth-order valence-electron chi connectivity index (χ4n) is 4.74. The number of nitrogens with zero attached hydrogens (tertiary/aromatic N) is 2. The van der Waals surface area contributed by atoms with Crippen LogP contribution in [0.25, 0.3) is 0 Å². The molecule has 2 aromatic carbocycles. The van der Waals surface area contributed by atoms with Crippen molar-refractivity contribution in [3.63, 3.8) is 0 Å². The van der Waals surface area contributed by atoms with Crippen LogP contribution in [0.2, 0.25) is 0 Å². The monoisotopic (exact) mass is 414 g/mol. The van der Waals surface area contributed by atoms with E-state index in [4.69, 9.17) is 0 Å². The van der Waals surface area contributed by atoms with Crippen molar-refractivity contribution in [3.05, 3.63) is 64.2 Å². The van der Waals surface area contributed by atoms with Gasteiger partial charge in [0.15, 0.2) is 0 Å². The molecule has 0 unspecified atom stereocenters. The number of rotatable bonds is 5. The molecule has 1 N–H and O–H groups in total. The minimum atomic E-state index is -0.684. The average Bonchev–Trinajstić information content (AvgIpc) is 2.66. The van der Waals surface area contributed by atoms with E-state index in [1.807, 2.05) is 0 Å². The predicted molar refractivity (Wildman–Crippen MR) is 113 cm³/mol. The number of piperidine rings is 1. The van der Waals surface area contributed by atoms with E-state index in [0.29, 0.717) is 25.9 Å². The zero-order valence-corrected chi connectivity index (χ0v) is 17.5. The number of aryl methyl sites for hydroxylation is 2. The number of halogens is 2. The summed E-state index contributed by atoms with van der Waals surface area (Å²) >= 11 is 0. The molecule has 0 aliphatic carbocycles. The van der Waals surface area contributed by atoms with Crippen LogP contribution in [-0.2, 0) is 11.3 Å². The van der Waals surface area contributed by atoms with Crippen molar-refractivity contribution < 1.29 is 18.7 Å². The molecule has 30 heavy (non-hydrogen) atoms. The van der Waals surface area contributed by atoms with E-state index < -0.39 is 17.6 Å². The molecule has 0 amide bonds. The number of carboxylic acids is 1. The summed E-state index contributed by atoms with van der Waals surface area (Å²) < 4.78 is 28.0. The molecule has 2 aromatic rings. The van der Waals surface area contributed by atoms with Crippen molar-refractivity contribution in [1.29, 1.82) is 0 Å². The summed E-state index contributed by atoms with van der Waals surface area (Å²) in [6.45, 7) is 7.90. The summed E-state index contributed by atoms with van der Waals surface area (Å²) in [7, 11) is 0. The van der Waals surface area contributed by atoms with E-state index in [0.717, 1.165) is 19.6 Å². The molecule has 0 aromatic heterocycles. The van der Waals surface area contributed by atoms with E-state index in [1.54, 1.807) is 4.90 Å². The quantitative estimate of drug-likeness (QED) is 0.783. The van der Waals surface area contributed by atoms with Crippen LogP contribution in [0.5, 0.6) is 0 Å². The van der Waals surface area contributed by atoms with Gasteiger partial charge in [-0.25, -0.2) is 8.78 Å². The lowest BCUT2D eigenvalue weighted by molar-refractivity contribution is -0.143. The standard InChI is InChI=1S/C24H28F2N2O2/c1-15-10-18(19-12-28(13-19)23-21(25)4-3-5-22(23)26)11-16(2)20(15)14-27-8-6-17(7-9-27)24(29)30/h3-5,10-11,17,19H,6-9,12-14H2,1-2H3,(H,29,30). The second kappa shape index (κ2) is 8.34. The average molecular weight is 414 g/mol. The first-order valence-corrected chi connectivity index (χ1v) is 10.6. The maximum absolute atomic E-state index is 14.0. The smallest absolute Gasteiger partial charge is 0.306 e. The number of benzene rings is 2. The summed E-state index contributed by atoms with van der Waals surface area (Å²) in [5.74, 6) is -1.66. The number of anilines is 1. The lowest BCUT2D eigenvalue weighted by Crippen LogP contribution is -2.46. The van der Waals surface area contributed by atoms with E-state index >= 15 is 0 Å². The molecule has 2 heterocycles. The molecule has 4 nitrogen and oxygen atoms in total. The van der Waals surface area contributed by atoms with Crippen molar-refractivity contribution in [2.45, 2.75) is 39.2 Å². The molecule has 0 bridgehead atoms. The number of hydrogen-bond acceptors (Lipinski definition) is 3. The molecule has 0 atom stereocenters. The highest BCUT2D eigenvalue weighted by Crippen LogP contribution is 2.36. The normalized spacial score (nSPS) is 18.5. The summed E-state index contributed by atoms with van der Waals surface area (Å²) in [5.41, 5.74) is 5.03. The molecular weight excluding hydrogens is 386 g/mol. The van der Waals surface area contributed by atoms with Gasteiger partial charge in [-0.2, -0.15) is 0 Å². The van der Waals surface area contributed by atoms with Crippen LogP contribution in [0, 0.1) is 31.4 Å². The molecule has 2 saturated heterocycles. The Kier molecular flexibility index (Phi) is 5.78. The highest BCUT2D eigenvalue weighted by Gasteiger charge is 2.32. The third-order valence-electron chi connectivity index (χ3n) is 6.64. The number of likely N-dealkylation sites (tertiary alicyclic amines) is 1. The molecular formula is C24H28F2N2O2. The van der Waals surface area contributed by atoms with Crippen LogP contribution in [-0.4, -0.2) is 42.2 Å². The second-order valence-corrected chi connectivity index (χ2v) is 8.69. The van der Waals surface area contributed by atoms with Crippen molar-refractivity contribution in [3.8, 4) is 0 Å². The van der Waals surface area contributed by atoms with Crippen LogP contribution in [0.4, 0.5) is 14.5 Å². The van der Waals surface area contributed by atoms with Crippen molar-refractivity contribution in [2.24, 2.45) is 5.92 Å². The first-order chi connectivity index (χ1) is 14.3. The minimum Gasteiger partial charge on any atom is -0.481 e. The van der Waals surface area contributed by atoms with Gasteiger partial charge in [0.2, 0.25) is 0 Å². The third-order valence-corrected chi connectivity index (χ3v) is 6.64. The fraction of sp³-hybridized carbons (Fsp3) is 0.458. The van der Waals surface area contributed by atoms with Crippen molar-refractivity contribution >= 4 is 11.7 Å². The molecule has 4 rings (SSSR count). The van der Waals surface area contributed by atoms with Gasteiger partial charge in [-0.1, -0.05) is 18.2 Å². The van der Waals surface area contributed by atoms with Crippen LogP contribution < -0.4 is 4.90 Å². The summed E-state index contributed by atoms with van der Waals surface area (Å²) in [4.78, 5) is 15.2. The summed E-state index contributed by atoms with van der Waals surface area (Å²) in [6.07, 6.45) is 1.41. The maximum atomic E-state index is 14.0. The van der Waals surface area contributed by atoms with Crippen LogP contribution in [0.1, 0.15) is 41.0 Å². The maximum Gasteiger partial charge on any atom is 0.306 e. The molecule has 0 spiro atoms. The Morgan fingerprint density at radius 2 is 1.63 bits per heavy atom. The van der Waals surface area contributed by atoms with Gasteiger partial charge in [-0.05, 0) is 74.2 Å². The number of para-hydroxylation sites is 1. The highest BCUT2D eigenvalue weighted by molar-refractivity contribution is 5.70. The topological polar surface area (TPSA) is 43.8 Å². The van der Waals surface area contributed by atoms with Gasteiger partial charge in [0.05, 0.1) is 5.92 Å². The van der Waals surface area contributed by atoms with Gasteiger partial charge in [0.25, 0.3) is 0 Å². The molecule has 0 saturated carbocycles. The number of carbonyl (C=O) groups is 1. The Balaban J connectivity index is 1.41. The number of hydrogen-bond donors (Lipinski definition) is 1. The van der Waals surface area contributed by atoms with E-state index in [1.165, 1.54) is 40.5 Å². The molecule has 2 aliphatic rings. The fourth-order valence-corrected chi connectivity index (χ4v) is 4.74. The van der Waals surface area contributed by atoms with Gasteiger partial charge in [-0.15, -0.1) is 0 Å². The molecule has 6 heteroatoms. The van der Waals surface area contributed by atoms with Gasteiger partial charge in [0, 0.05) is 25.6 Å². The lowest BCUT2D eigenvalue weighted by Gasteiger charge is -2.42. The molecule has 160 valence electrons. The zero-order valence-electron chi connectivity index (χ0n) is 17.5. The van der Waals surface area contributed by atoms with E-state index in [9.17, 15) is 18.7 Å². The Hall–Kier alpha value is -2.47. The molecule has 2 aliphatic heterocycles. The van der Waals surface area contributed by atoms with E-state index in [2.05, 4.69) is 30.9 Å². The minimum absolute atomic E-state index is 0.0728. The second-order valence-electron chi connectivity index (χ2n) is 8.69. The number of aliphatic carboxylic acids is 1. The van der Waals surface area contributed by atoms with Gasteiger partial charge >= 0.3 is 5.97 Å². The Labute approximate surface area is 176 Å². The zero-order chi connectivity index (χ0) is 21.4. The first-order valence-electron chi connectivity index (χ1n) is 10.6. The first kappa shape index (κ1) is 20.8. The van der Waals surface area contributed by atoms with Crippen molar-refractivity contribution in [2.75, 3.05) is 31.1 Å². The van der Waals surface area contributed by atoms with Crippen LogP contribution in [0.3, 0.4) is 0 Å². The Bertz CT molecular complexity index is 905. The largest absolute Gasteiger partial charge is 0.481 e. The van der Waals surface area contributed by atoms with Crippen LogP contribution >= 0.6 is 0 Å². The van der Waals surface area contributed by atoms with E-state index in [-0.39, 0.29) is 17.5 Å². The van der Waals surface area contributed by atoms with Crippen molar-refractivity contribution in [1.82, 2.24) is 4.90 Å². The SMILES string of the molecule is Cc1cc(C2CN(c3c(F)cccc3F)C2)cc(C)c1CN1CCC(C(=O)O)CC1. The molecule has 2 fully saturated rings. The molecule has 0 radical (unpaired) electrons. The summed E-state index contributed by atoms with van der Waals surface area (Å²) in [5, 5.41) is 9.17. The lowest BCUT2D eigenvalue weighted by atomic mass is 9.86. The summed E-state index contributed by atoms with van der Waals surface area (Å²) in [6, 6.07) is 8.39. The Morgan fingerprint density at radius 1 is 1.07 bits per heavy atom. The number of carboxylic acid groups (broad SMARTS) is 1. The van der Waals surface area contributed by atoms with Gasteiger partial charge < -0.3 is 10.0 Å². The Morgan fingerprint density at radius 3 is 2.17 bits per heavy atom. The third kappa shape index (κ3) is 4.06. The van der Waals surface area contributed by atoms with Gasteiger partial charge in [0.1, 0.15) is 17.3 Å². The highest BCUT2D eigenvalue weighted by atomic mass is 19.1. The van der Waals surface area contributed by atoms with Gasteiger partial charge in [-0.3, -0.25) is 9.69 Å². The van der Waals surface area contributed by atoms with Crippen LogP contribution in [0.15, 0.2) is 30.3 Å².